The zero-order chi connectivity index (χ0) is 16.4. The number of hydrogen-bond donors (Lipinski definition) is 1. The van der Waals surface area contributed by atoms with E-state index in [1.807, 2.05) is 25.1 Å². The average molecular weight is 310 g/mol. The molecule has 1 amide bonds. The van der Waals surface area contributed by atoms with Gasteiger partial charge in [0, 0.05) is 25.0 Å². The Bertz CT molecular complexity index is 753. The number of aromatic carboxylic acids is 1. The summed E-state index contributed by atoms with van der Waals surface area (Å²) in [7, 11) is 0. The number of carbonyl (C=O) groups excluding carboxylic acids is 1. The van der Waals surface area contributed by atoms with Gasteiger partial charge in [0.25, 0.3) is 0 Å². The first-order valence-electron chi connectivity index (χ1n) is 7.57. The Morgan fingerprint density at radius 1 is 1.22 bits per heavy atom. The van der Waals surface area contributed by atoms with Crippen molar-refractivity contribution in [3.8, 4) is 0 Å². The molecule has 5 heteroatoms. The van der Waals surface area contributed by atoms with E-state index < -0.39 is 5.97 Å². The number of pyridine rings is 1. The number of carboxylic acid groups (broad SMARTS) is 1. The third-order valence-corrected chi connectivity index (χ3v) is 4.15. The summed E-state index contributed by atoms with van der Waals surface area (Å²) in [5.41, 5.74) is 4.13. The molecule has 1 aliphatic heterocycles. The fourth-order valence-electron chi connectivity index (χ4n) is 2.79. The van der Waals surface area contributed by atoms with Crippen molar-refractivity contribution >= 4 is 11.9 Å². The van der Waals surface area contributed by atoms with Gasteiger partial charge in [-0.1, -0.05) is 12.1 Å². The molecule has 0 radical (unpaired) electrons. The zero-order valence-corrected chi connectivity index (χ0v) is 13.0. The lowest BCUT2D eigenvalue weighted by molar-refractivity contribution is -0.131. The van der Waals surface area contributed by atoms with E-state index in [2.05, 4.69) is 4.98 Å². The number of amides is 1. The van der Waals surface area contributed by atoms with Crippen molar-refractivity contribution in [2.75, 3.05) is 6.54 Å². The van der Waals surface area contributed by atoms with Gasteiger partial charge in [-0.25, -0.2) is 4.79 Å². The second-order valence-corrected chi connectivity index (χ2v) is 5.84. The number of fused-ring (bicyclic) bond motifs is 1. The molecule has 0 spiro atoms. The SMILES string of the molecule is Cc1ccc(CC(=O)N2CCc3ccc(C(=O)O)cc3C2)cn1. The number of nitrogens with zero attached hydrogens (tertiary/aromatic N) is 2. The summed E-state index contributed by atoms with van der Waals surface area (Å²) in [5, 5.41) is 9.09. The molecule has 2 heterocycles. The molecule has 0 unspecified atom stereocenters. The number of carbonyl (C=O) groups is 2. The number of aryl methyl sites for hydroxylation is 1. The second kappa shape index (κ2) is 6.20. The first kappa shape index (κ1) is 15.2. The molecular weight excluding hydrogens is 292 g/mol. The summed E-state index contributed by atoms with van der Waals surface area (Å²) in [6.07, 6.45) is 2.81. The van der Waals surface area contributed by atoms with Gasteiger partial charge in [0.15, 0.2) is 0 Å². The van der Waals surface area contributed by atoms with Crippen LogP contribution in [0, 0.1) is 6.92 Å². The Kier molecular flexibility index (Phi) is 4.10. The van der Waals surface area contributed by atoms with Crippen LogP contribution in [0.5, 0.6) is 0 Å². The fraction of sp³-hybridized carbons (Fsp3) is 0.278. The maximum Gasteiger partial charge on any atom is 0.335 e. The van der Waals surface area contributed by atoms with Gasteiger partial charge >= 0.3 is 5.97 Å². The molecule has 1 N–H and O–H groups in total. The number of aromatic nitrogens is 1. The van der Waals surface area contributed by atoms with Crippen LogP contribution in [0.2, 0.25) is 0 Å². The molecule has 0 fully saturated rings. The quantitative estimate of drug-likeness (QED) is 0.943. The first-order chi connectivity index (χ1) is 11.0. The Hall–Kier alpha value is -2.69. The van der Waals surface area contributed by atoms with Gasteiger partial charge in [-0.3, -0.25) is 9.78 Å². The van der Waals surface area contributed by atoms with Gasteiger partial charge in [-0.15, -0.1) is 0 Å². The van der Waals surface area contributed by atoms with Gasteiger partial charge in [-0.2, -0.15) is 0 Å². The summed E-state index contributed by atoms with van der Waals surface area (Å²) < 4.78 is 0. The molecule has 23 heavy (non-hydrogen) atoms. The molecule has 1 aliphatic rings. The summed E-state index contributed by atoms with van der Waals surface area (Å²) >= 11 is 0. The molecule has 118 valence electrons. The predicted molar refractivity (Wildman–Crippen MR) is 85.2 cm³/mol. The predicted octanol–water partition coefficient (Wildman–Crippen LogP) is 2.22. The van der Waals surface area contributed by atoms with E-state index in [-0.39, 0.29) is 11.5 Å². The molecule has 1 aromatic heterocycles. The highest BCUT2D eigenvalue weighted by Crippen LogP contribution is 2.21. The van der Waals surface area contributed by atoms with E-state index in [0.29, 0.717) is 19.5 Å². The minimum Gasteiger partial charge on any atom is -0.478 e. The van der Waals surface area contributed by atoms with Gasteiger partial charge in [0.1, 0.15) is 0 Å². The lowest BCUT2D eigenvalue weighted by Gasteiger charge is -2.29. The minimum atomic E-state index is -0.943. The fourth-order valence-corrected chi connectivity index (χ4v) is 2.79. The third-order valence-electron chi connectivity index (χ3n) is 4.15. The number of carboxylic acids is 1. The molecule has 2 aromatic rings. The van der Waals surface area contributed by atoms with E-state index in [0.717, 1.165) is 28.8 Å². The van der Waals surface area contributed by atoms with Crippen molar-refractivity contribution in [3.63, 3.8) is 0 Å². The number of rotatable bonds is 3. The van der Waals surface area contributed by atoms with Crippen LogP contribution in [0.15, 0.2) is 36.5 Å². The van der Waals surface area contributed by atoms with Gasteiger partial charge in [0.05, 0.1) is 12.0 Å². The highest BCUT2D eigenvalue weighted by Gasteiger charge is 2.21. The van der Waals surface area contributed by atoms with Crippen LogP contribution >= 0.6 is 0 Å². The molecule has 0 saturated heterocycles. The summed E-state index contributed by atoms with van der Waals surface area (Å²) in [6, 6.07) is 8.96. The number of hydrogen-bond acceptors (Lipinski definition) is 3. The normalized spacial score (nSPS) is 13.5. The standard InChI is InChI=1S/C18H18N2O3/c1-12-2-3-13(10-19-12)8-17(21)20-7-6-14-4-5-15(18(22)23)9-16(14)11-20/h2-5,9-10H,6-8,11H2,1H3,(H,22,23). The average Bonchev–Trinajstić information content (AvgIpc) is 2.55. The molecule has 3 rings (SSSR count). The van der Waals surface area contributed by atoms with Crippen LogP contribution < -0.4 is 0 Å². The van der Waals surface area contributed by atoms with Crippen LogP contribution in [0.4, 0.5) is 0 Å². The second-order valence-electron chi connectivity index (χ2n) is 5.84. The molecule has 5 nitrogen and oxygen atoms in total. The van der Waals surface area contributed by atoms with Crippen molar-refractivity contribution in [1.29, 1.82) is 0 Å². The van der Waals surface area contributed by atoms with Crippen LogP contribution in [0.1, 0.15) is 32.7 Å². The summed E-state index contributed by atoms with van der Waals surface area (Å²) in [5.74, 6) is -0.899. The van der Waals surface area contributed by atoms with Crippen LogP contribution in [0.25, 0.3) is 0 Å². The van der Waals surface area contributed by atoms with Crippen molar-refractivity contribution < 1.29 is 14.7 Å². The molecule has 0 atom stereocenters. The molecule has 0 aliphatic carbocycles. The van der Waals surface area contributed by atoms with Gasteiger partial charge < -0.3 is 10.0 Å². The Labute approximate surface area is 134 Å². The van der Waals surface area contributed by atoms with Gasteiger partial charge in [-0.05, 0) is 48.2 Å². The number of benzene rings is 1. The summed E-state index contributed by atoms with van der Waals surface area (Å²) in [4.78, 5) is 29.5. The van der Waals surface area contributed by atoms with Crippen molar-refractivity contribution in [2.45, 2.75) is 26.3 Å². The van der Waals surface area contributed by atoms with E-state index >= 15 is 0 Å². The highest BCUT2D eigenvalue weighted by atomic mass is 16.4. The third kappa shape index (κ3) is 3.39. The molecule has 1 aromatic carbocycles. The van der Waals surface area contributed by atoms with Crippen LogP contribution in [-0.4, -0.2) is 33.4 Å². The van der Waals surface area contributed by atoms with E-state index in [1.165, 1.54) is 0 Å². The molecule has 0 bridgehead atoms. The van der Waals surface area contributed by atoms with Gasteiger partial charge in [0.2, 0.25) is 5.91 Å². The minimum absolute atomic E-state index is 0.0435. The maximum atomic E-state index is 12.5. The lowest BCUT2D eigenvalue weighted by atomic mass is 9.97. The van der Waals surface area contributed by atoms with Crippen LogP contribution in [-0.2, 0) is 24.2 Å². The Morgan fingerprint density at radius 3 is 2.74 bits per heavy atom. The van der Waals surface area contributed by atoms with E-state index in [4.69, 9.17) is 5.11 Å². The van der Waals surface area contributed by atoms with Crippen molar-refractivity contribution in [2.24, 2.45) is 0 Å². The van der Waals surface area contributed by atoms with Crippen molar-refractivity contribution in [1.82, 2.24) is 9.88 Å². The zero-order valence-electron chi connectivity index (χ0n) is 13.0. The Morgan fingerprint density at radius 2 is 2.04 bits per heavy atom. The highest BCUT2D eigenvalue weighted by molar-refractivity contribution is 5.88. The largest absolute Gasteiger partial charge is 0.478 e. The smallest absolute Gasteiger partial charge is 0.335 e. The van der Waals surface area contributed by atoms with E-state index in [9.17, 15) is 9.59 Å². The molecule has 0 saturated carbocycles. The summed E-state index contributed by atoms with van der Waals surface area (Å²) in [6.45, 7) is 3.04. The van der Waals surface area contributed by atoms with Crippen molar-refractivity contribution in [3.05, 3.63) is 64.5 Å². The topological polar surface area (TPSA) is 70.5 Å². The van der Waals surface area contributed by atoms with Crippen LogP contribution in [0.3, 0.4) is 0 Å². The maximum absolute atomic E-state index is 12.5. The van der Waals surface area contributed by atoms with E-state index in [1.54, 1.807) is 23.2 Å². The monoisotopic (exact) mass is 310 g/mol. The lowest BCUT2D eigenvalue weighted by Crippen LogP contribution is -2.37. The first-order valence-corrected chi connectivity index (χ1v) is 7.57. The molecular formula is C18H18N2O3. The Balaban J connectivity index is 1.73.